The maximum atomic E-state index is 12.6. The Bertz CT molecular complexity index is 872. The van der Waals surface area contributed by atoms with Gasteiger partial charge in [0.05, 0.1) is 5.94 Å². The van der Waals surface area contributed by atoms with E-state index in [2.05, 4.69) is 5.32 Å². The van der Waals surface area contributed by atoms with Gasteiger partial charge in [-0.2, -0.15) is 0 Å². The summed E-state index contributed by atoms with van der Waals surface area (Å²) in [6.07, 6.45) is 3.07. The zero-order valence-corrected chi connectivity index (χ0v) is 16.5. The van der Waals surface area contributed by atoms with Gasteiger partial charge in [0.1, 0.15) is 11.3 Å². The van der Waals surface area contributed by atoms with Crippen LogP contribution in [0.1, 0.15) is 51.1 Å². The molecule has 0 saturated heterocycles. The van der Waals surface area contributed by atoms with Gasteiger partial charge in [-0.1, -0.05) is 30.7 Å². The second kappa shape index (κ2) is 11.3. The number of carboxylic acids is 1. The molecule has 160 valence electrons. The first-order chi connectivity index (χ1) is 14.3. The van der Waals surface area contributed by atoms with Crippen molar-refractivity contribution in [1.29, 1.82) is 0 Å². The van der Waals surface area contributed by atoms with Crippen molar-refractivity contribution in [3.05, 3.63) is 64.7 Å². The first kappa shape index (κ1) is 23.4. The lowest BCUT2D eigenvalue weighted by Gasteiger charge is -2.19. The summed E-state index contributed by atoms with van der Waals surface area (Å²) in [7, 11) is -1.91. The van der Waals surface area contributed by atoms with Crippen LogP contribution in [0.4, 0.5) is 0 Å². The van der Waals surface area contributed by atoms with E-state index >= 15 is 0 Å². The molecule has 1 amide bonds. The van der Waals surface area contributed by atoms with Crippen LogP contribution in [-0.4, -0.2) is 56.9 Å². The van der Waals surface area contributed by atoms with Crippen molar-refractivity contribution in [1.82, 2.24) is 5.32 Å². The average molecular weight is 415 g/mol. The molecule has 0 unspecified atom stereocenters. The van der Waals surface area contributed by atoms with Crippen molar-refractivity contribution >= 4 is 19.0 Å². The third kappa shape index (κ3) is 6.58. The molecule has 2 aromatic carbocycles. The number of carbonyl (C=O) groups is 2. The molecule has 0 radical (unpaired) electrons. The number of hydrogen-bond acceptors (Lipinski definition) is 6. The van der Waals surface area contributed by atoms with Crippen molar-refractivity contribution in [2.45, 2.75) is 38.0 Å². The van der Waals surface area contributed by atoms with E-state index in [1.54, 1.807) is 18.2 Å². The molecule has 2 rings (SSSR count). The van der Waals surface area contributed by atoms with Crippen LogP contribution in [0.5, 0.6) is 5.75 Å². The Labute approximate surface area is 175 Å². The van der Waals surface area contributed by atoms with Crippen molar-refractivity contribution in [3.63, 3.8) is 0 Å². The second-order valence-electron chi connectivity index (χ2n) is 7.05. The lowest BCUT2D eigenvalue weighted by atomic mass is 9.75. The number of rotatable bonds is 11. The van der Waals surface area contributed by atoms with Crippen LogP contribution < -0.4 is 5.32 Å². The van der Waals surface area contributed by atoms with Crippen LogP contribution in [0.15, 0.2) is 42.5 Å². The molecule has 0 aliphatic carbocycles. The number of aromatic carboxylic acids is 1. The number of aromatic hydroxyl groups is 1. The largest absolute Gasteiger partial charge is 0.507 e. The molecule has 0 aromatic heterocycles. The summed E-state index contributed by atoms with van der Waals surface area (Å²) in [5, 5.41) is 50.0. The van der Waals surface area contributed by atoms with E-state index in [-0.39, 0.29) is 24.2 Å². The van der Waals surface area contributed by atoms with E-state index in [1.165, 1.54) is 18.2 Å². The minimum atomic E-state index is -1.91. The Hall–Kier alpha value is -2.88. The summed E-state index contributed by atoms with van der Waals surface area (Å²) >= 11 is 0. The fourth-order valence-electron chi connectivity index (χ4n) is 3.13. The molecule has 0 spiro atoms. The molecular formula is C21H26BNO7. The van der Waals surface area contributed by atoms with Crippen LogP contribution in [0, 0.1) is 0 Å². The zero-order valence-electron chi connectivity index (χ0n) is 16.5. The molecule has 0 heterocycles. The number of unbranched alkanes of at least 4 members (excludes halogenated alkanes) is 2. The molecule has 0 saturated carbocycles. The summed E-state index contributed by atoms with van der Waals surface area (Å²) in [5.74, 6) is -3.45. The van der Waals surface area contributed by atoms with Gasteiger partial charge >= 0.3 is 13.1 Å². The highest BCUT2D eigenvalue weighted by Crippen LogP contribution is 2.24. The molecule has 8 nitrogen and oxygen atoms in total. The molecule has 6 N–H and O–H groups in total. The van der Waals surface area contributed by atoms with E-state index < -0.39 is 30.7 Å². The Morgan fingerprint density at radius 2 is 1.77 bits per heavy atom. The SMILES string of the molecule is O=C(N[C@@H](Cc1cccc(C(=O)O)c1O)B(O)O)c1cccc(CCCCCO)c1. The predicted molar refractivity (Wildman–Crippen MR) is 111 cm³/mol. The third-order valence-electron chi connectivity index (χ3n) is 4.78. The number of phenols is 1. The van der Waals surface area contributed by atoms with Crippen molar-refractivity contribution in [2.75, 3.05) is 6.61 Å². The Kier molecular flexibility index (Phi) is 8.85. The van der Waals surface area contributed by atoms with Crippen LogP contribution in [0.25, 0.3) is 0 Å². The highest BCUT2D eigenvalue weighted by Gasteiger charge is 2.28. The summed E-state index contributed by atoms with van der Waals surface area (Å²) in [4.78, 5) is 23.8. The number of aryl methyl sites for hydroxylation is 1. The molecule has 0 aliphatic rings. The quantitative estimate of drug-likeness (QED) is 0.238. The standard InChI is InChI=1S/C21H26BNO7/c24-11-3-1-2-6-14-7-4-9-16(12-14)20(26)23-18(22(29)30)13-15-8-5-10-17(19(15)25)21(27)28/h4-5,7-10,12,18,24-25,29-30H,1-3,6,11,13H2,(H,23,26)(H,27,28)/t18-/m0/s1. The maximum Gasteiger partial charge on any atom is 0.475 e. The van der Waals surface area contributed by atoms with Crippen molar-refractivity contribution < 1.29 is 35.0 Å². The summed E-state index contributed by atoms with van der Waals surface area (Å²) in [5.41, 5.74) is 1.17. The molecule has 0 fully saturated rings. The topological polar surface area (TPSA) is 147 Å². The molecular weight excluding hydrogens is 389 g/mol. The van der Waals surface area contributed by atoms with Gasteiger partial charge in [-0.3, -0.25) is 4.79 Å². The summed E-state index contributed by atoms with van der Waals surface area (Å²) in [6, 6.07) is 11.1. The van der Waals surface area contributed by atoms with Crippen molar-refractivity contribution in [2.24, 2.45) is 0 Å². The van der Waals surface area contributed by atoms with Gasteiger partial charge in [0, 0.05) is 12.2 Å². The van der Waals surface area contributed by atoms with Gasteiger partial charge in [0.2, 0.25) is 0 Å². The van der Waals surface area contributed by atoms with Gasteiger partial charge < -0.3 is 30.7 Å². The second-order valence-corrected chi connectivity index (χ2v) is 7.05. The lowest BCUT2D eigenvalue weighted by Crippen LogP contribution is -2.47. The van der Waals surface area contributed by atoms with Crippen molar-refractivity contribution in [3.8, 4) is 5.75 Å². The Morgan fingerprint density at radius 3 is 2.43 bits per heavy atom. The van der Waals surface area contributed by atoms with Gasteiger partial charge in [-0.05, 0) is 55.0 Å². The average Bonchev–Trinajstić information content (AvgIpc) is 2.72. The van der Waals surface area contributed by atoms with Crippen LogP contribution >= 0.6 is 0 Å². The molecule has 1 atom stereocenters. The zero-order chi connectivity index (χ0) is 22.1. The van der Waals surface area contributed by atoms with Gasteiger partial charge in [0.15, 0.2) is 0 Å². The number of amides is 1. The molecule has 0 bridgehead atoms. The monoisotopic (exact) mass is 415 g/mol. The summed E-state index contributed by atoms with van der Waals surface area (Å²) < 4.78 is 0. The summed E-state index contributed by atoms with van der Waals surface area (Å²) in [6.45, 7) is 0.151. The number of aliphatic hydroxyl groups excluding tert-OH is 1. The van der Waals surface area contributed by atoms with E-state index in [4.69, 9.17) is 10.2 Å². The molecule has 30 heavy (non-hydrogen) atoms. The lowest BCUT2D eigenvalue weighted by molar-refractivity contribution is 0.0693. The number of para-hydroxylation sites is 1. The Morgan fingerprint density at radius 1 is 1.03 bits per heavy atom. The molecule has 0 aliphatic heterocycles. The van der Waals surface area contributed by atoms with E-state index in [0.717, 1.165) is 31.2 Å². The van der Waals surface area contributed by atoms with Crippen LogP contribution in [0.2, 0.25) is 0 Å². The minimum absolute atomic E-state index is 0.151. The highest BCUT2D eigenvalue weighted by molar-refractivity contribution is 6.43. The number of carboxylic acid groups (broad SMARTS) is 1. The van der Waals surface area contributed by atoms with E-state index in [9.17, 15) is 24.7 Å². The molecule has 2 aromatic rings. The number of carbonyl (C=O) groups excluding carboxylic acids is 1. The highest BCUT2D eigenvalue weighted by atomic mass is 16.4. The number of hydrogen-bond donors (Lipinski definition) is 6. The number of aliphatic hydroxyl groups is 1. The fourth-order valence-corrected chi connectivity index (χ4v) is 3.13. The minimum Gasteiger partial charge on any atom is -0.507 e. The maximum absolute atomic E-state index is 12.6. The first-order valence-corrected chi connectivity index (χ1v) is 9.74. The van der Waals surface area contributed by atoms with Gasteiger partial charge in [0.25, 0.3) is 5.91 Å². The Balaban J connectivity index is 2.09. The first-order valence-electron chi connectivity index (χ1n) is 9.74. The molecule has 9 heteroatoms. The van der Waals surface area contributed by atoms with Gasteiger partial charge in [-0.25, -0.2) is 4.79 Å². The smallest absolute Gasteiger partial charge is 0.475 e. The number of benzene rings is 2. The predicted octanol–water partition coefficient (Wildman–Crippen LogP) is 1.15. The van der Waals surface area contributed by atoms with Gasteiger partial charge in [-0.15, -0.1) is 0 Å². The van der Waals surface area contributed by atoms with Crippen LogP contribution in [0.3, 0.4) is 0 Å². The normalized spacial score (nSPS) is 11.7. The third-order valence-corrected chi connectivity index (χ3v) is 4.78. The fraction of sp³-hybridized carbons (Fsp3) is 0.333. The van der Waals surface area contributed by atoms with E-state index in [0.29, 0.717) is 5.56 Å². The van der Waals surface area contributed by atoms with Crippen LogP contribution in [-0.2, 0) is 12.8 Å². The number of nitrogens with one attached hydrogen (secondary N) is 1. The van der Waals surface area contributed by atoms with E-state index in [1.807, 2.05) is 6.07 Å².